The van der Waals surface area contributed by atoms with E-state index in [4.69, 9.17) is 21.0 Å². The van der Waals surface area contributed by atoms with Crippen molar-refractivity contribution in [3.8, 4) is 22.8 Å². The molecule has 0 aliphatic heterocycles. The first-order chi connectivity index (χ1) is 38.2. The monoisotopic (exact) mass is 1160 g/mol. The first-order valence-electron chi connectivity index (χ1n) is 23.9. The van der Waals surface area contributed by atoms with Crippen LogP contribution in [-0.4, -0.2) is 52.4 Å². The third-order valence-electron chi connectivity index (χ3n) is 11.4. The largest absolute Gasteiger partial charge is 2.00 e. The molecule has 4 heterocycles. The van der Waals surface area contributed by atoms with Gasteiger partial charge in [0, 0.05) is 58.9 Å². The molecule has 0 bridgehead atoms. The summed E-state index contributed by atoms with van der Waals surface area (Å²) in [7, 11) is 0. The molecule has 2 N–H and O–H groups in total. The van der Waals surface area contributed by atoms with E-state index in [9.17, 15) is 9.59 Å². The van der Waals surface area contributed by atoms with Gasteiger partial charge in [0.25, 0.3) is 0 Å². The Morgan fingerprint density at radius 1 is 0.367 bits per heavy atom. The Bertz CT molecular complexity index is 3370. The molecule has 6 aromatic carbocycles. The van der Waals surface area contributed by atoms with Crippen molar-refractivity contribution in [2.24, 2.45) is 0 Å². The van der Waals surface area contributed by atoms with Crippen molar-refractivity contribution < 1.29 is 39.3 Å². The number of aromatic nitrogens is 4. The summed E-state index contributed by atoms with van der Waals surface area (Å²) in [6.45, 7) is 0. The number of isothiocyanates is 2. The van der Waals surface area contributed by atoms with E-state index in [0.29, 0.717) is 11.4 Å². The quantitative estimate of drug-likeness (QED) is 0.0599. The number of hydrogen-bond acceptors (Lipinski definition) is 10. The number of pyridine rings is 4. The summed E-state index contributed by atoms with van der Waals surface area (Å²) < 4.78 is 0. The Morgan fingerprint density at radius 2 is 0.608 bits per heavy atom. The number of anilines is 6. The Kier molecular flexibility index (Phi) is 22.7. The van der Waals surface area contributed by atoms with Crippen molar-refractivity contribution in [3.05, 3.63) is 287 Å². The molecule has 0 saturated heterocycles. The summed E-state index contributed by atoms with van der Waals surface area (Å²) in [5.41, 5.74) is 13.5. The maximum atomic E-state index is 10.8. The number of thiocarbonyl (C=S) groups is 2. The minimum absolute atomic E-state index is 0. The third-order valence-corrected chi connectivity index (χ3v) is 11.4. The van der Waals surface area contributed by atoms with Crippen LogP contribution in [0.2, 0.25) is 0 Å². The second-order valence-corrected chi connectivity index (χ2v) is 16.8. The zero-order chi connectivity index (χ0) is 54.9. The fraction of sp³-hybridized carbons (Fsp3) is 0. The summed E-state index contributed by atoms with van der Waals surface area (Å²) in [4.78, 5) is 43.4. The minimum Gasteiger partial charge on any atom is -0.753 e. The van der Waals surface area contributed by atoms with Crippen LogP contribution in [0.1, 0.15) is 43.0 Å². The molecule has 0 saturated carbocycles. The topological polar surface area (TPSA) is 177 Å². The Balaban J connectivity index is 0.000000336. The van der Waals surface area contributed by atoms with Gasteiger partial charge in [-0.2, -0.15) is 10.3 Å². The van der Waals surface area contributed by atoms with Gasteiger partial charge in [-0.05, 0) is 144 Å². The fourth-order valence-corrected chi connectivity index (χ4v) is 7.85. The van der Waals surface area contributed by atoms with E-state index in [1.54, 1.807) is 0 Å². The van der Waals surface area contributed by atoms with Gasteiger partial charge in [0.15, 0.2) is 0 Å². The van der Waals surface area contributed by atoms with Crippen LogP contribution < -0.4 is 9.80 Å². The van der Waals surface area contributed by atoms with Gasteiger partial charge in [0.2, 0.25) is 0 Å². The molecule has 10 aromatic rings. The molecular formula is C64H46N8O4RuS2. The van der Waals surface area contributed by atoms with Crippen LogP contribution in [0.3, 0.4) is 0 Å². The van der Waals surface area contributed by atoms with Crippen LogP contribution in [0.4, 0.5) is 34.1 Å². The van der Waals surface area contributed by atoms with Crippen LogP contribution in [0.15, 0.2) is 243 Å². The van der Waals surface area contributed by atoms with Gasteiger partial charge in [-0.25, -0.2) is 9.59 Å². The number of nitrogens with zero attached hydrogens (tertiary/aromatic N) is 8. The maximum absolute atomic E-state index is 10.8. The molecule has 0 aliphatic carbocycles. The smallest absolute Gasteiger partial charge is 0.753 e. The third kappa shape index (κ3) is 17.1. The minimum atomic E-state index is -1.08. The molecule has 10 rings (SSSR count). The van der Waals surface area contributed by atoms with Crippen LogP contribution in [-0.2, 0) is 19.5 Å². The molecule has 79 heavy (non-hydrogen) atoms. The van der Waals surface area contributed by atoms with Gasteiger partial charge < -0.3 is 30.8 Å². The Hall–Kier alpha value is -9.84. The molecule has 0 aliphatic rings. The normalized spacial score (nSPS) is 10.1. The van der Waals surface area contributed by atoms with Crippen molar-refractivity contribution in [1.29, 1.82) is 0 Å². The number of carbonyl (C=O) groups is 2. The van der Waals surface area contributed by atoms with E-state index in [1.807, 2.05) is 48.8 Å². The average molecular weight is 1160 g/mol. The first-order valence-corrected chi connectivity index (χ1v) is 24.7. The number of carboxylic acids is 2. The van der Waals surface area contributed by atoms with E-state index in [-0.39, 0.29) is 30.6 Å². The van der Waals surface area contributed by atoms with Crippen molar-refractivity contribution in [1.82, 2.24) is 19.9 Å². The summed E-state index contributed by atoms with van der Waals surface area (Å²) in [5, 5.41) is 34.6. The van der Waals surface area contributed by atoms with Crippen LogP contribution >= 0.6 is 24.4 Å². The zero-order valence-electron chi connectivity index (χ0n) is 41.9. The van der Waals surface area contributed by atoms with E-state index < -0.39 is 11.9 Å². The first kappa shape index (κ1) is 58.4. The second-order valence-electron chi connectivity index (χ2n) is 16.5. The number of rotatable bonds is 14. The predicted molar refractivity (Wildman–Crippen MR) is 321 cm³/mol. The van der Waals surface area contributed by atoms with Gasteiger partial charge in [0.05, 0.1) is 33.9 Å². The summed E-state index contributed by atoms with van der Waals surface area (Å²) in [6, 6.07) is 72.7. The number of benzene rings is 6. The summed E-state index contributed by atoms with van der Waals surface area (Å²) >= 11 is 7.40. The molecule has 0 radical (unpaired) electrons. The van der Waals surface area contributed by atoms with Crippen molar-refractivity contribution >= 4 is 105 Å². The molecule has 0 unspecified atom stereocenters. The van der Waals surface area contributed by atoms with E-state index >= 15 is 0 Å². The Morgan fingerprint density at radius 3 is 0.886 bits per heavy atom. The number of aromatic carboxylic acids is 2. The van der Waals surface area contributed by atoms with Gasteiger partial charge >= 0.3 is 31.4 Å². The van der Waals surface area contributed by atoms with Crippen LogP contribution in [0.25, 0.3) is 57.9 Å². The van der Waals surface area contributed by atoms with Crippen molar-refractivity contribution in [2.75, 3.05) is 9.80 Å². The molecule has 0 fully saturated rings. The molecule has 4 aromatic heterocycles. The van der Waals surface area contributed by atoms with Crippen molar-refractivity contribution in [3.63, 3.8) is 0 Å². The van der Waals surface area contributed by atoms with Gasteiger partial charge in [-0.3, -0.25) is 19.9 Å². The molecule has 0 atom stereocenters. The average Bonchev–Trinajstić information content (AvgIpc) is 3.49. The summed E-state index contributed by atoms with van der Waals surface area (Å²) in [5.74, 6) is -2.15. The van der Waals surface area contributed by atoms with E-state index in [0.717, 1.165) is 67.8 Å². The van der Waals surface area contributed by atoms with Gasteiger partial charge in [0.1, 0.15) is 0 Å². The SMILES string of the molecule is C(=C\c1ccnc(-c2cc(/C=C/c3ccc(N(c4ccccc4)c4ccccc4)cc3)ccn2)c1)/c1ccc(N(c2ccccc2)c2ccccc2)cc1.O=C(O)c1ccnc(-c2cc(C(=O)O)ccn2)c1.[N-]=C=S.[N-]=C=S.[Ru+2]. The molecule has 12 nitrogen and oxygen atoms in total. The maximum Gasteiger partial charge on any atom is 2.00 e. The van der Waals surface area contributed by atoms with E-state index in [2.05, 4.69) is 236 Å². The molecular weight excluding hydrogens is 1110 g/mol. The molecule has 15 heteroatoms. The number of para-hydroxylation sites is 4. The molecule has 386 valence electrons. The van der Waals surface area contributed by atoms with Gasteiger partial charge in [-0.1, -0.05) is 146 Å². The molecule has 0 spiro atoms. The standard InChI is InChI=1S/C50H38N4.C12H8N2O4.2CNS.Ru/c1-5-13-43(14-6-1)53(44-15-7-2-8-16-44)47-29-25-39(26-30-47)21-23-41-33-35-51-49(37-41)50-38-42(34-36-52-50)24-22-40-27-31-48(32-28-40)54(45-17-9-3-10-18-45)46-19-11-4-12-20-46;15-11(16)7-1-3-13-9(5-7)10-6-8(12(17)18)2-4-14-10;2*2-1-3;/h1-38H;1-6H,(H,15,16)(H,17,18);;;/q;;2*-1;+2/b23-21+,24-22+;;;;. The second kappa shape index (κ2) is 30.6. The Labute approximate surface area is 481 Å². The fourth-order valence-electron chi connectivity index (χ4n) is 7.85. The molecule has 0 amide bonds. The van der Waals surface area contributed by atoms with E-state index in [1.165, 1.54) is 47.0 Å². The van der Waals surface area contributed by atoms with Crippen molar-refractivity contribution in [2.45, 2.75) is 0 Å². The summed E-state index contributed by atoms with van der Waals surface area (Å²) in [6.07, 6.45) is 14.9. The predicted octanol–water partition coefficient (Wildman–Crippen LogP) is 16.3. The number of hydrogen-bond donors (Lipinski definition) is 2. The zero-order valence-corrected chi connectivity index (χ0v) is 45.2. The van der Waals surface area contributed by atoms with Crippen LogP contribution in [0.5, 0.6) is 0 Å². The number of carboxylic acid groups (broad SMARTS) is 2. The van der Waals surface area contributed by atoms with Gasteiger partial charge in [-0.15, -0.1) is 0 Å². The van der Waals surface area contributed by atoms with Crippen LogP contribution in [0, 0.1) is 0 Å².